The van der Waals surface area contributed by atoms with E-state index in [4.69, 9.17) is 9.47 Å². The molecule has 0 amide bonds. The standard InChI is InChI=1S/C22H25F2N5O5/c1-25-21-27-9-11-8-26-10-29(19(11)28-21)22(20(31)32)6-4-5-12(18(22)30)15-16(23)13(33-2)7-14(34-3)17(15)24/h7,9,12,26H,4-6,8,10H2,1-3H3,(H,31,32)(H,25,27,28). The summed E-state index contributed by atoms with van der Waals surface area (Å²) in [5.74, 6) is -5.82. The lowest BCUT2D eigenvalue weighted by Crippen LogP contribution is -2.66. The molecule has 10 nitrogen and oxygen atoms in total. The van der Waals surface area contributed by atoms with Crippen molar-refractivity contribution >= 4 is 23.5 Å². The van der Waals surface area contributed by atoms with Gasteiger partial charge in [-0.1, -0.05) is 0 Å². The van der Waals surface area contributed by atoms with E-state index in [1.54, 1.807) is 13.2 Å². The molecule has 2 atom stereocenters. The largest absolute Gasteiger partial charge is 0.494 e. The van der Waals surface area contributed by atoms with Gasteiger partial charge in [0, 0.05) is 37.0 Å². The number of carbonyl (C=O) groups is 2. The van der Waals surface area contributed by atoms with Gasteiger partial charge in [-0.3, -0.25) is 10.1 Å². The Kier molecular flexibility index (Phi) is 6.26. The smallest absolute Gasteiger partial charge is 0.337 e. The molecule has 2 aliphatic rings. The molecule has 1 saturated carbocycles. The summed E-state index contributed by atoms with van der Waals surface area (Å²) in [7, 11) is 4.03. The number of aliphatic carboxylic acids is 1. The molecule has 2 heterocycles. The monoisotopic (exact) mass is 477 g/mol. The first-order valence-corrected chi connectivity index (χ1v) is 10.7. The van der Waals surface area contributed by atoms with E-state index in [1.165, 1.54) is 19.1 Å². The second-order valence-electron chi connectivity index (χ2n) is 8.10. The first-order valence-electron chi connectivity index (χ1n) is 10.7. The number of carboxylic acids is 1. The number of anilines is 2. The van der Waals surface area contributed by atoms with Crippen LogP contribution in [0.25, 0.3) is 0 Å². The van der Waals surface area contributed by atoms with Gasteiger partial charge in [0.2, 0.25) is 5.95 Å². The molecule has 1 aliphatic carbocycles. The number of nitrogens with one attached hydrogen (secondary N) is 2. The normalized spacial score (nSPS) is 22.2. The van der Waals surface area contributed by atoms with E-state index in [1.807, 2.05) is 0 Å². The molecule has 4 rings (SSSR count). The predicted molar refractivity (Wildman–Crippen MR) is 117 cm³/mol. The number of methoxy groups -OCH3 is 2. The van der Waals surface area contributed by atoms with Gasteiger partial charge in [0.25, 0.3) is 0 Å². The maximum atomic E-state index is 15.3. The molecular formula is C22H25F2N5O5. The van der Waals surface area contributed by atoms with Gasteiger partial charge in [0.05, 0.1) is 26.8 Å². The fourth-order valence-electron chi connectivity index (χ4n) is 4.76. The first-order chi connectivity index (χ1) is 16.3. The average Bonchev–Trinajstić information content (AvgIpc) is 2.84. The lowest BCUT2D eigenvalue weighted by atomic mass is 9.70. The van der Waals surface area contributed by atoms with E-state index in [-0.39, 0.29) is 49.2 Å². The van der Waals surface area contributed by atoms with Crippen molar-refractivity contribution in [3.05, 3.63) is 35.0 Å². The molecular weight excluding hydrogens is 452 g/mol. The highest BCUT2D eigenvalue weighted by Gasteiger charge is 2.57. The van der Waals surface area contributed by atoms with Crippen molar-refractivity contribution in [3.63, 3.8) is 0 Å². The number of hydrogen-bond acceptors (Lipinski definition) is 9. The number of carboxylic acid groups (broad SMARTS) is 1. The maximum Gasteiger partial charge on any atom is 0.337 e. The molecule has 0 saturated heterocycles. The summed E-state index contributed by atoms with van der Waals surface area (Å²) < 4.78 is 40.5. The number of fused-ring (bicyclic) bond motifs is 1. The number of nitrogens with zero attached hydrogens (tertiary/aromatic N) is 3. The number of halogens is 2. The number of ether oxygens (including phenoxy) is 2. The van der Waals surface area contributed by atoms with Crippen LogP contribution < -0.4 is 25.0 Å². The first kappa shape index (κ1) is 23.6. The van der Waals surface area contributed by atoms with Crippen molar-refractivity contribution in [2.75, 3.05) is 38.2 Å². The molecule has 0 spiro atoms. The van der Waals surface area contributed by atoms with Gasteiger partial charge < -0.3 is 24.8 Å². The molecule has 0 radical (unpaired) electrons. The number of aromatic nitrogens is 2. The third-order valence-electron chi connectivity index (χ3n) is 6.43. The molecule has 1 aromatic heterocycles. The van der Waals surface area contributed by atoms with Crippen LogP contribution in [0.3, 0.4) is 0 Å². The number of carbonyl (C=O) groups excluding carboxylic acids is 1. The quantitative estimate of drug-likeness (QED) is 0.532. The lowest BCUT2D eigenvalue weighted by Gasteiger charge is -2.46. The zero-order valence-electron chi connectivity index (χ0n) is 18.9. The zero-order chi connectivity index (χ0) is 24.6. The van der Waals surface area contributed by atoms with Crippen molar-refractivity contribution in [2.24, 2.45) is 0 Å². The molecule has 12 heteroatoms. The minimum atomic E-state index is -2.10. The lowest BCUT2D eigenvalue weighted by molar-refractivity contribution is -0.151. The van der Waals surface area contributed by atoms with Crippen LogP contribution in [0.2, 0.25) is 0 Å². The van der Waals surface area contributed by atoms with Crippen LogP contribution >= 0.6 is 0 Å². The van der Waals surface area contributed by atoms with Crippen LogP contribution in [0.15, 0.2) is 12.3 Å². The number of rotatable bonds is 6. The molecule has 1 aromatic carbocycles. The number of ketones is 1. The predicted octanol–water partition coefficient (Wildman–Crippen LogP) is 2.04. The van der Waals surface area contributed by atoms with Crippen molar-refractivity contribution in [1.29, 1.82) is 0 Å². The maximum absolute atomic E-state index is 15.3. The number of benzene rings is 1. The summed E-state index contributed by atoms with van der Waals surface area (Å²) in [4.78, 5) is 36.6. The summed E-state index contributed by atoms with van der Waals surface area (Å²) in [6.45, 7) is 0.379. The van der Waals surface area contributed by atoms with Crippen molar-refractivity contribution in [1.82, 2.24) is 15.3 Å². The minimum Gasteiger partial charge on any atom is -0.494 e. The Labute approximate surface area is 194 Å². The molecule has 2 unspecified atom stereocenters. The van der Waals surface area contributed by atoms with E-state index in [0.29, 0.717) is 12.1 Å². The zero-order valence-corrected chi connectivity index (χ0v) is 18.9. The van der Waals surface area contributed by atoms with Crippen LogP contribution in [0.5, 0.6) is 11.5 Å². The fraction of sp³-hybridized carbons (Fsp3) is 0.455. The summed E-state index contributed by atoms with van der Waals surface area (Å²) >= 11 is 0. The fourth-order valence-corrected chi connectivity index (χ4v) is 4.76. The Morgan fingerprint density at radius 2 is 1.97 bits per heavy atom. The Morgan fingerprint density at radius 1 is 1.29 bits per heavy atom. The summed E-state index contributed by atoms with van der Waals surface area (Å²) in [5, 5.41) is 16.2. The van der Waals surface area contributed by atoms with E-state index < -0.39 is 40.4 Å². The van der Waals surface area contributed by atoms with E-state index in [2.05, 4.69) is 20.6 Å². The van der Waals surface area contributed by atoms with Crippen LogP contribution in [0.1, 0.15) is 36.3 Å². The van der Waals surface area contributed by atoms with Crippen LogP contribution in [-0.2, 0) is 16.1 Å². The topological polar surface area (TPSA) is 126 Å². The van der Waals surface area contributed by atoms with E-state index >= 15 is 8.78 Å². The van der Waals surface area contributed by atoms with Gasteiger partial charge in [0.15, 0.2) is 34.5 Å². The van der Waals surface area contributed by atoms with Crippen LogP contribution in [0, 0.1) is 11.6 Å². The molecule has 2 aromatic rings. The van der Waals surface area contributed by atoms with Gasteiger partial charge in [-0.15, -0.1) is 0 Å². The SMILES string of the molecule is CNc1ncc2c(n1)N(C1(C(=O)O)CCCC(c3c(F)c(OC)cc(OC)c3F)C1=O)CNC2. The van der Waals surface area contributed by atoms with E-state index in [9.17, 15) is 14.7 Å². The van der Waals surface area contributed by atoms with Crippen molar-refractivity contribution < 1.29 is 33.0 Å². The second-order valence-corrected chi connectivity index (χ2v) is 8.10. The van der Waals surface area contributed by atoms with Gasteiger partial charge in [-0.05, 0) is 19.3 Å². The number of hydrogen-bond donors (Lipinski definition) is 3. The summed E-state index contributed by atoms with van der Waals surface area (Å²) in [6.07, 6.45) is 1.79. The Balaban J connectivity index is 1.88. The third-order valence-corrected chi connectivity index (χ3v) is 6.43. The highest BCUT2D eigenvalue weighted by atomic mass is 19.1. The number of Topliss-reactive ketones (excluding diaryl/α,β-unsaturated/α-hetero) is 1. The molecule has 34 heavy (non-hydrogen) atoms. The Hall–Kier alpha value is -3.54. The Bertz CT molecular complexity index is 1120. The molecule has 1 aliphatic heterocycles. The molecule has 182 valence electrons. The molecule has 3 N–H and O–H groups in total. The Morgan fingerprint density at radius 3 is 2.56 bits per heavy atom. The van der Waals surface area contributed by atoms with Crippen LogP contribution in [-0.4, -0.2) is 60.3 Å². The van der Waals surface area contributed by atoms with Gasteiger partial charge in [-0.2, -0.15) is 4.98 Å². The van der Waals surface area contributed by atoms with Crippen LogP contribution in [0.4, 0.5) is 20.5 Å². The van der Waals surface area contributed by atoms with Gasteiger partial charge in [0.1, 0.15) is 5.82 Å². The van der Waals surface area contributed by atoms with E-state index in [0.717, 1.165) is 6.07 Å². The molecule has 1 fully saturated rings. The van der Waals surface area contributed by atoms with Gasteiger partial charge >= 0.3 is 5.97 Å². The van der Waals surface area contributed by atoms with Crippen molar-refractivity contribution in [2.45, 2.75) is 37.3 Å². The molecule has 0 bridgehead atoms. The average molecular weight is 477 g/mol. The summed E-state index contributed by atoms with van der Waals surface area (Å²) in [5.41, 5.74) is -2.06. The highest BCUT2D eigenvalue weighted by molar-refractivity contribution is 6.14. The van der Waals surface area contributed by atoms with Crippen molar-refractivity contribution in [3.8, 4) is 11.5 Å². The minimum absolute atomic E-state index is 0.00429. The third kappa shape index (κ3) is 3.49. The second kappa shape index (κ2) is 9.01. The van der Waals surface area contributed by atoms with Gasteiger partial charge in [-0.25, -0.2) is 18.6 Å². The highest BCUT2D eigenvalue weighted by Crippen LogP contribution is 2.45. The summed E-state index contributed by atoms with van der Waals surface area (Å²) in [6, 6.07) is 1.05.